The van der Waals surface area contributed by atoms with Gasteiger partial charge in [-0.2, -0.15) is 0 Å². The first kappa shape index (κ1) is 16.2. The molecular weight excluding hydrogens is 298 g/mol. The lowest BCUT2D eigenvalue weighted by molar-refractivity contribution is -0.384. The van der Waals surface area contributed by atoms with Gasteiger partial charge in [-0.15, -0.1) is 0 Å². The van der Waals surface area contributed by atoms with Crippen LogP contribution in [0, 0.1) is 10.1 Å². The highest BCUT2D eigenvalue weighted by Gasteiger charge is 2.18. The highest BCUT2D eigenvalue weighted by molar-refractivity contribution is 6.04. The number of nitro benzene ring substituents is 1. The Morgan fingerprint density at radius 2 is 1.74 bits per heavy atom. The van der Waals surface area contributed by atoms with Crippen molar-refractivity contribution in [3.05, 3.63) is 69.8 Å². The molecule has 0 saturated carbocycles. The Labute approximate surface area is 132 Å². The lowest BCUT2D eigenvalue weighted by Gasteiger charge is -2.14. The van der Waals surface area contributed by atoms with Crippen molar-refractivity contribution in [1.82, 2.24) is 0 Å². The van der Waals surface area contributed by atoms with Crippen molar-refractivity contribution in [2.75, 3.05) is 5.32 Å². The van der Waals surface area contributed by atoms with Crippen molar-refractivity contribution < 1.29 is 14.5 Å². The lowest BCUT2D eigenvalue weighted by Crippen LogP contribution is -2.22. The van der Waals surface area contributed by atoms with Gasteiger partial charge in [-0.3, -0.25) is 19.7 Å². The van der Waals surface area contributed by atoms with E-state index in [1.54, 1.807) is 25.1 Å². The Kier molecular flexibility index (Phi) is 4.70. The monoisotopic (exact) mass is 313 g/mol. The maximum atomic E-state index is 12.3. The Hall–Kier alpha value is -3.22. The predicted octanol–water partition coefficient (Wildman–Crippen LogP) is 2.44. The van der Waals surface area contributed by atoms with Gasteiger partial charge < -0.3 is 11.1 Å². The smallest absolute Gasteiger partial charge is 0.269 e. The van der Waals surface area contributed by atoms with Crippen LogP contribution < -0.4 is 11.1 Å². The molecular formula is C16H15N3O4. The van der Waals surface area contributed by atoms with Gasteiger partial charge in [0.15, 0.2) is 0 Å². The average Bonchev–Trinajstić information content (AvgIpc) is 2.54. The van der Waals surface area contributed by atoms with Gasteiger partial charge in [0.05, 0.1) is 22.1 Å². The molecule has 2 rings (SSSR count). The van der Waals surface area contributed by atoms with Crippen LogP contribution in [0.4, 0.5) is 11.4 Å². The Bertz CT molecular complexity index is 756. The van der Waals surface area contributed by atoms with Crippen LogP contribution in [0.25, 0.3) is 0 Å². The molecule has 2 aromatic carbocycles. The molecule has 0 spiro atoms. The molecule has 0 bridgehead atoms. The zero-order valence-electron chi connectivity index (χ0n) is 12.4. The number of hydrogen-bond donors (Lipinski definition) is 2. The SMILES string of the molecule is C[C@@H](C(=O)Nc1ccccc1C(N)=O)c1ccc([N+](=O)[O-])cc1. The number of para-hydroxylation sites is 1. The van der Waals surface area contributed by atoms with E-state index in [9.17, 15) is 19.7 Å². The molecule has 118 valence electrons. The maximum Gasteiger partial charge on any atom is 0.269 e. The van der Waals surface area contributed by atoms with Crippen LogP contribution in [-0.2, 0) is 4.79 Å². The number of amides is 2. The third-order valence-electron chi connectivity index (χ3n) is 3.45. The summed E-state index contributed by atoms with van der Waals surface area (Å²) >= 11 is 0. The summed E-state index contributed by atoms with van der Waals surface area (Å²) < 4.78 is 0. The number of carbonyl (C=O) groups excluding carboxylic acids is 2. The van der Waals surface area contributed by atoms with E-state index in [-0.39, 0.29) is 17.2 Å². The topological polar surface area (TPSA) is 115 Å². The van der Waals surface area contributed by atoms with Crippen molar-refractivity contribution >= 4 is 23.2 Å². The highest BCUT2D eigenvalue weighted by Crippen LogP contribution is 2.22. The minimum atomic E-state index is -0.635. The minimum absolute atomic E-state index is 0.0413. The second-order valence-corrected chi connectivity index (χ2v) is 4.97. The van der Waals surface area contributed by atoms with Gasteiger partial charge in [-0.05, 0) is 24.6 Å². The van der Waals surface area contributed by atoms with Gasteiger partial charge in [0.1, 0.15) is 0 Å². The summed E-state index contributed by atoms with van der Waals surface area (Å²) in [5, 5.41) is 13.3. The molecule has 7 nitrogen and oxygen atoms in total. The molecule has 23 heavy (non-hydrogen) atoms. The number of carbonyl (C=O) groups is 2. The average molecular weight is 313 g/mol. The van der Waals surface area contributed by atoms with E-state index in [2.05, 4.69) is 5.32 Å². The maximum absolute atomic E-state index is 12.3. The third kappa shape index (κ3) is 3.70. The Balaban J connectivity index is 2.17. The van der Waals surface area contributed by atoms with Crippen LogP contribution in [-0.4, -0.2) is 16.7 Å². The van der Waals surface area contributed by atoms with Gasteiger partial charge in [0, 0.05) is 12.1 Å². The van der Waals surface area contributed by atoms with E-state index in [1.165, 1.54) is 30.3 Å². The summed E-state index contributed by atoms with van der Waals surface area (Å²) in [4.78, 5) is 33.8. The van der Waals surface area contributed by atoms with E-state index in [1.807, 2.05) is 0 Å². The van der Waals surface area contributed by atoms with Crippen molar-refractivity contribution in [1.29, 1.82) is 0 Å². The quantitative estimate of drug-likeness (QED) is 0.651. The largest absolute Gasteiger partial charge is 0.366 e. The number of benzene rings is 2. The van der Waals surface area contributed by atoms with Crippen LogP contribution in [0.15, 0.2) is 48.5 Å². The van der Waals surface area contributed by atoms with Gasteiger partial charge in [-0.1, -0.05) is 24.3 Å². The van der Waals surface area contributed by atoms with Crippen LogP contribution in [0.3, 0.4) is 0 Å². The van der Waals surface area contributed by atoms with E-state index >= 15 is 0 Å². The number of nitrogens with zero attached hydrogens (tertiary/aromatic N) is 1. The lowest BCUT2D eigenvalue weighted by atomic mass is 9.99. The first-order chi connectivity index (χ1) is 10.9. The summed E-state index contributed by atoms with van der Waals surface area (Å²) in [6.07, 6.45) is 0. The highest BCUT2D eigenvalue weighted by atomic mass is 16.6. The van der Waals surface area contributed by atoms with Crippen LogP contribution in [0.5, 0.6) is 0 Å². The molecule has 0 aliphatic carbocycles. The van der Waals surface area contributed by atoms with E-state index < -0.39 is 16.7 Å². The zero-order valence-corrected chi connectivity index (χ0v) is 12.4. The molecule has 1 atom stereocenters. The number of nitro groups is 1. The number of nitrogens with two attached hydrogens (primary N) is 1. The molecule has 0 aliphatic heterocycles. The Morgan fingerprint density at radius 3 is 2.30 bits per heavy atom. The molecule has 0 fully saturated rings. The first-order valence-corrected chi connectivity index (χ1v) is 6.84. The summed E-state index contributed by atoms with van der Waals surface area (Å²) in [5.74, 6) is -1.52. The Morgan fingerprint density at radius 1 is 1.13 bits per heavy atom. The molecule has 2 amide bonds. The second-order valence-electron chi connectivity index (χ2n) is 4.97. The molecule has 0 aromatic heterocycles. The second kappa shape index (κ2) is 6.69. The summed E-state index contributed by atoms with van der Waals surface area (Å²) in [7, 11) is 0. The fourth-order valence-electron chi connectivity index (χ4n) is 2.08. The van der Waals surface area contributed by atoms with Gasteiger partial charge in [-0.25, -0.2) is 0 Å². The van der Waals surface area contributed by atoms with Gasteiger partial charge in [0.2, 0.25) is 5.91 Å². The third-order valence-corrected chi connectivity index (χ3v) is 3.45. The molecule has 2 aromatic rings. The van der Waals surface area contributed by atoms with Crippen molar-refractivity contribution in [3.8, 4) is 0 Å². The molecule has 0 heterocycles. The van der Waals surface area contributed by atoms with Crippen molar-refractivity contribution in [3.63, 3.8) is 0 Å². The van der Waals surface area contributed by atoms with Crippen molar-refractivity contribution in [2.45, 2.75) is 12.8 Å². The van der Waals surface area contributed by atoms with Crippen molar-refractivity contribution in [2.24, 2.45) is 5.73 Å². The number of anilines is 1. The fraction of sp³-hybridized carbons (Fsp3) is 0.125. The molecule has 7 heteroatoms. The van der Waals surface area contributed by atoms with Crippen LogP contribution >= 0.6 is 0 Å². The van der Waals surface area contributed by atoms with E-state index in [4.69, 9.17) is 5.73 Å². The minimum Gasteiger partial charge on any atom is -0.366 e. The number of hydrogen-bond acceptors (Lipinski definition) is 4. The number of primary amides is 1. The molecule has 0 aliphatic rings. The standard InChI is InChI=1S/C16H15N3O4/c1-10(11-6-8-12(9-7-11)19(22)23)16(21)18-14-5-3-2-4-13(14)15(17)20/h2-10H,1H3,(H2,17,20)(H,18,21)/t10-/m1/s1. The number of nitrogens with one attached hydrogen (secondary N) is 1. The fourth-order valence-corrected chi connectivity index (χ4v) is 2.08. The summed E-state index contributed by atoms with van der Waals surface area (Å²) in [6.45, 7) is 1.67. The number of rotatable bonds is 5. The molecule has 0 saturated heterocycles. The van der Waals surface area contributed by atoms with Gasteiger partial charge in [0.25, 0.3) is 11.6 Å². The zero-order chi connectivity index (χ0) is 17.0. The van der Waals surface area contributed by atoms with Crippen LogP contribution in [0.2, 0.25) is 0 Å². The molecule has 0 unspecified atom stereocenters. The normalized spacial score (nSPS) is 11.5. The van der Waals surface area contributed by atoms with Crippen LogP contribution in [0.1, 0.15) is 28.8 Å². The summed E-state index contributed by atoms with van der Waals surface area (Å²) in [6, 6.07) is 12.2. The van der Waals surface area contributed by atoms with E-state index in [0.29, 0.717) is 11.3 Å². The summed E-state index contributed by atoms with van der Waals surface area (Å²) in [5.41, 5.74) is 6.41. The molecule has 3 N–H and O–H groups in total. The number of non-ortho nitro benzene ring substituents is 1. The van der Waals surface area contributed by atoms with E-state index in [0.717, 1.165) is 0 Å². The molecule has 0 radical (unpaired) electrons. The predicted molar refractivity (Wildman–Crippen MR) is 85.1 cm³/mol. The van der Waals surface area contributed by atoms with Gasteiger partial charge >= 0.3 is 0 Å². The first-order valence-electron chi connectivity index (χ1n) is 6.84.